The average molecular weight is 364 g/mol. The largest absolute Gasteiger partial charge is 0.871 e. The highest BCUT2D eigenvalue weighted by atomic mass is 79.9. The van der Waals surface area contributed by atoms with Gasteiger partial charge in [0.2, 0.25) is 0 Å². The summed E-state index contributed by atoms with van der Waals surface area (Å²) in [4.78, 5) is 14.3. The quantitative estimate of drug-likeness (QED) is 0.510. The molecule has 2 aromatic rings. The molecule has 114 valence electrons. The van der Waals surface area contributed by atoms with Gasteiger partial charge in [-0.1, -0.05) is 34.7 Å². The Morgan fingerprint density at radius 1 is 1.36 bits per heavy atom. The number of aryl methyl sites for hydroxylation is 1. The van der Waals surface area contributed by atoms with Crippen molar-refractivity contribution in [1.82, 2.24) is 0 Å². The molecule has 0 aliphatic heterocycles. The van der Waals surface area contributed by atoms with Crippen LogP contribution in [0.3, 0.4) is 0 Å². The number of aliphatic imine (C=N–C) groups is 1. The highest BCUT2D eigenvalue weighted by Crippen LogP contribution is 2.31. The fraction of sp³-hybridized carbons (Fsp3) is 0.133. The summed E-state index contributed by atoms with van der Waals surface area (Å²) in [7, 11) is 0. The lowest BCUT2D eigenvalue weighted by molar-refractivity contribution is -0.385. The van der Waals surface area contributed by atoms with Gasteiger partial charge >= 0.3 is 0 Å². The Labute approximate surface area is 135 Å². The van der Waals surface area contributed by atoms with Crippen molar-refractivity contribution in [2.75, 3.05) is 0 Å². The van der Waals surface area contributed by atoms with E-state index in [0.29, 0.717) is 5.69 Å². The van der Waals surface area contributed by atoms with Gasteiger partial charge in [-0.2, -0.15) is 0 Å². The van der Waals surface area contributed by atoms with E-state index in [9.17, 15) is 20.3 Å². The van der Waals surface area contributed by atoms with Crippen LogP contribution in [0.2, 0.25) is 0 Å². The molecule has 0 saturated heterocycles. The highest BCUT2D eigenvalue weighted by molar-refractivity contribution is 9.10. The predicted octanol–water partition coefficient (Wildman–Crippen LogP) is 3.45. The zero-order valence-electron chi connectivity index (χ0n) is 11.6. The molecule has 0 fully saturated rings. The van der Waals surface area contributed by atoms with Crippen LogP contribution in [0.25, 0.3) is 0 Å². The van der Waals surface area contributed by atoms with E-state index < -0.39 is 10.7 Å². The van der Waals surface area contributed by atoms with Gasteiger partial charge in [0.25, 0.3) is 5.69 Å². The van der Waals surface area contributed by atoms with Crippen LogP contribution in [0.1, 0.15) is 18.1 Å². The van der Waals surface area contributed by atoms with E-state index in [2.05, 4.69) is 20.9 Å². The molecule has 6 nitrogen and oxygen atoms in total. The van der Waals surface area contributed by atoms with E-state index in [0.717, 1.165) is 24.1 Å². The first-order valence-electron chi connectivity index (χ1n) is 6.43. The summed E-state index contributed by atoms with van der Waals surface area (Å²) in [5.74, 6) is -0.425. The SMILES string of the molecule is CCc1ccc(O)c(N=Cc2cc([N+](=O)[O-])cc(Br)c2[O-])c1. The molecule has 0 bridgehead atoms. The summed E-state index contributed by atoms with van der Waals surface area (Å²) in [5.41, 5.74) is 1.15. The molecule has 0 spiro atoms. The summed E-state index contributed by atoms with van der Waals surface area (Å²) >= 11 is 3.00. The second-order valence-electron chi connectivity index (χ2n) is 4.54. The number of nitrogens with zero attached hydrogens (tertiary/aromatic N) is 2. The Morgan fingerprint density at radius 2 is 2.09 bits per heavy atom. The van der Waals surface area contributed by atoms with Gasteiger partial charge in [0.05, 0.1) is 4.92 Å². The summed E-state index contributed by atoms with van der Waals surface area (Å²) in [5, 5.41) is 32.5. The molecule has 1 N–H and O–H groups in total. The van der Waals surface area contributed by atoms with Gasteiger partial charge in [-0.25, -0.2) is 0 Å². The van der Waals surface area contributed by atoms with Crippen molar-refractivity contribution < 1.29 is 15.1 Å². The number of phenolic OH excluding ortho intramolecular Hbond substituents is 1. The Hall–Kier alpha value is -2.41. The van der Waals surface area contributed by atoms with E-state index in [1.165, 1.54) is 12.3 Å². The molecule has 0 amide bonds. The lowest BCUT2D eigenvalue weighted by Crippen LogP contribution is -1.99. The molecule has 0 aliphatic carbocycles. The van der Waals surface area contributed by atoms with Crippen molar-refractivity contribution in [2.45, 2.75) is 13.3 Å². The van der Waals surface area contributed by atoms with Crippen LogP contribution in [0.5, 0.6) is 11.5 Å². The third-order valence-electron chi connectivity index (χ3n) is 3.06. The van der Waals surface area contributed by atoms with Crippen LogP contribution in [0.4, 0.5) is 11.4 Å². The maximum Gasteiger partial charge on any atom is 0.271 e. The molecule has 2 rings (SSSR count). The van der Waals surface area contributed by atoms with Crippen molar-refractivity contribution >= 4 is 33.5 Å². The van der Waals surface area contributed by atoms with Crippen LogP contribution in [-0.2, 0) is 6.42 Å². The van der Waals surface area contributed by atoms with Crippen LogP contribution < -0.4 is 5.11 Å². The molecular formula is C15H12BrN2O4-. The van der Waals surface area contributed by atoms with Crippen LogP contribution >= 0.6 is 15.9 Å². The summed E-state index contributed by atoms with van der Waals surface area (Å²) < 4.78 is 0.0923. The van der Waals surface area contributed by atoms with Crippen LogP contribution in [-0.4, -0.2) is 16.2 Å². The normalized spacial score (nSPS) is 11.0. The number of phenols is 1. The lowest BCUT2D eigenvalue weighted by Gasteiger charge is -2.12. The smallest absolute Gasteiger partial charge is 0.271 e. The molecule has 0 saturated carbocycles. The summed E-state index contributed by atoms with van der Waals surface area (Å²) in [6, 6.07) is 7.29. The zero-order valence-corrected chi connectivity index (χ0v) is 13.2. The van der Waals surface area contributed by atoms with Crippen molar-refractivity contribution in [3.63, 3.8) is 0 Å². The molecule has 0 aromatic heterocycles. The molecule has 7 heteroatoms. The highest BCUT2D eigenvalue weighted by Gasteiger charge is 2.09. The maximum atomic E-state index is 11.9. The van der Waals surface area contributed by atoms with Gasteiger partial charge in [0, 0.05) is 22.8 Å². The molecule has 22 heavy (non-hydrogen) atoms. The first kappa shape index (κ1) is 16.0. The van der Waals surface area contributed by atoms with Gasteiger partial charge in [-0.3, -0.25) is 15.1 Å². The minimum atomic E-state index is -0.587. The van der Waals surface area contributed by atoms with Gasteiger partial charge in [0.15, 0.2) is 0 Å². The Kier molecular flexibility index (Phi) is 4.77. The summed E-state index contributed by atoms with van der Waals surface area (Å²) in [6.07, 6.45) is 1.99. The lowest BCUT2D eigenvalue weighted by atomic mass is 10.1. The predicted molar refractivity (Wildman–Crippen MR) is 85.0 cm³/mol. The zero-order chi connectivity index (χ0) is 16.3. The third kappa shape index (κ3) is 3.43. The number of hydrogen-bond donors (Lipinski definition) is 1. The van der Waals surface area contributed by atoms with Gasteiger partial charge in [-0.15, -0.1) is 0 Å². The molecule has 0 aliphatic rings. The fourth-order valence-corrected chi connectivity index (χ4v) is 2.30. The number of non-ortho nitro benzene ring substituents is 1. The number of rotatable bonds is 4. The number of hydrogen-bond acceptors (Lipinski definition) is 5. The van der Waals surface area contributed by atoms with Crippen molar-refractivity contribution in [1.29, 1.82) is 0 Å². The van der Waals surface area contributed by atoms with Crippen molar-refractivity contribution in [2.24, 2.45) is 4.99 Å². The molecule has 0 heterocycles. The Bertz CT molecular complexity index is 759. The molecule has 0 unspecified atom stereocenters. The second kappa shape index (κ2) is 6.57. The minimum Gasteiger partial charge on any atom is -0.871 e. The minimum absolute atomic E-state index is 0.0228. The van der Waals surface area contributed by atoms with Gasteiger partial charge in [0.1, 0.15) is 11.4 Å². The number of halogens is 1. The first-order valence-corrected chi connectivity index (χ1v) is 7.22. The first-order chi connectivity index (χ1) is 10.4. The molecule has 0 atom stereocenters. The second-order valence-corrected chi connectivity index (χ2v) is 5.39. The van der Waals surface area contributed by atoms with Crippen molar-refractivity contribution in [3.05, 3.63) is 56.0 Å². The van der Waals surface area contributed by atoms with E-state index in [1.807, 2.05) is 6.92 Å². The van der Waals surface area contributed by atoms with E-state index in [4.69, 9.17) is 0 Å². The third-order valence-corrected chi connectivity index (χ3v) is 3.65. The van der Waals surface area contributed by atoms with Gasteiger partial charge in [-0.05, 0) is 29.7 Å². The standard InChI is InChI=1S/C15H13BrN2O4/c1-2-9-3-4-14(19)13(5-9)17-8-10-6-11(18(21)22)7-12(16)15(10)20/h3-8,19-20H,2H2,1H3/p-1. The van der Waals surface area contributed by atoms with Gasteiger partial charge < -0.3 is 10.2 Å². The topological polar surface area (TPSA) is 98.8 Å². The number of nitro groups is 1. The molecule has 2 aromatic carbocycles. The number of benzene rings is 2. The van der Waals surface area contributed by atoms with E-state index >= 15 is 0 Å². The van der Waals surface area contributed by atoms with Crippen LogP contribution in [0, 0.1) is 10.1 Å². The average Bonchev–Trinajstić information content (AvgIpc) is 2.49. The number of aromatic hydroxyl groups is 1. The monoisotopic (exact) mass is 363 g/mol. The molecular weight excluding hydrogens is 352 g/mol. The maximum absolute atomic E-state index is 11.9. The number of nitro benzene ring substituents is 1. The summed E-state index contributed by atoms with van der Waals surface area (Å²) in [6.45, 7) is 1.97. The Balaban J connectivity index is 2.44. The van der Waals surface area contributed by atoms with E-state index in [1.54, 1.807) is 12.1 Å². The van der Waals surface area contributed by atoms with E-state index in [-0.39, 0.29) is 21.5 Å². The fourth-order valence-electron chi connectivity index (χ4n) is 1.83. The Morgan fingerprint density at radius 3 is 2.73 bits per heavy atom. The van der Waals surface area contributed by atoms with Crippen LogP contribution in [0.15, 0.2) is 39.8 Å². The molecule has 0 radical (unpaired) electrons. The van der Waals surface area contributed by atoms with Crippen molar-refractivity contribution in [3.8, 4) is 11.5 Å².